The van der Waals surface area contributed by atoms with Gasteiger partial charge in [0.25, 0.3) is 5.91 Å². The normalized spacial score (nSPS) is 15.7. The molecule has 0 atom stereocenters. The summed E-state index contributed by atoms with van der Waals surface area (Å²) in [6, 6.07) is 4.17. The largest absolute Gasteiger partial charge is 0.416 e. The van der Waals surface area contributed by atoms with Crippen molar-refractivity contribution in [2.75, 3.05) is 39.8 Å². The predicted octanol–water partition coefficient (Wildman–Crippen LogP) is 1.21. The molecular formula is C15H18F3N3O2. The van der Waals surface area contributed by atoms with E-state index in [1.807, 2.05) is 0 Å². The number of carbonyl (C=O) groups excluding carboxylic acids is 2. The van der Waals surface area contributed by atoms with Gasteiger partial charge in [0.1, 0.15) is 0 Å². The molecular weight excluding hydrogens is 311 g/mol. The first kappa shape index (κ1) is 17.3. The maximum atomic E-state index is 12.5. The zero-order valence-corrected chi connectivity index (χ0v) is 12.7. The summed E-state index contributed by atoms with van der Waals surface area (Å²) in [4.78, 5) is 27.2. The second-order valence-corrected chi connectivity index (χ2v) is 5.28. The molecule has 5 nitrogen and oxygen atoms in total. The van der Waals surface area contributed by atoms with Gasteiger partial charge in [0.05, 0.1) is 12.1 Å². The highest BCUT2D eigenvalue weighted by Gasteiger charge is 2.31. The topological polar surface area (TPSA) is 52.7 Å². The number of carbonyl (C=O) groups is 2. The highest BCUT2D eigenvalue weighted by molar-refractivity contribution is 5.94. The van der Waals surface area contributed by atoms with Crippen LogP contribution in [-0.2, 0) is 11.0 Å². The number of nitrogens with zero attached hydrogens (tertiary/aromatic N) is 2. The van der Waals surface area contributed by atoms with E-state index in [4.69, 9.17) is 0 Å². The number of amides is 2. The molecule has 0 bridgehead atoms. The Bertz CT molecular complexity index is 564. The van der Waals surface area contributed by atoms with E-state index < -0.39 is 11.7 Å². The fraction of sp³-hybridized carbons (Fsp3) is 0.467. The van der Waals surface area contributed by atoms with Gasteiger partial charge in [0.15, 0.2) is 0 Å². The molecule has 1 aliphatic rings. The number of hydrogen-bond donors (Lipinski definition) is 1. The van der Waals surface area contributed by atoms with E-state index in [1.165, 1.54) is 12.1 Å². The maximum Gasteiger partial charge on any atom is 0.416 e. The molecule has 23 heavy (non-hydrogen) atoms. The molecule has 1 fully saturated rings. The number of rotatable bonds is 3. The summed E-state index contributed by atoms with van der Waals surface area (Å²) in [6.07, 6.45) is -4.42. The third kappa shape index (κ3) is 4.22. The van der Waals surface area contributed by atoms with Gasteiger partial charge in [-0.2, -0.15) is 13.2 Å². The van der Waals surface area contributed by atoms with Gasteiger partial charge >= 0.3 is 6.18 Å². The molecule has 8 heteroatoms. The molecule has 1 saturated heterocycles. The Morgan fingerprint density at radius 1 is 1.04 bits per heavy atom. The zero-order chi connectivity index (χ0) is 17.0. The van der Waals surface area contributed by atoms with Crippen LogP contribution in [0.1, 0.15) is 15.9 Å². The smallest absolute Gasteiger partial charge is 0.338 e. The average molecular weight is 329 g/mol. The average Bonchev–Trinajstić information content (AvgIpc) is 2.54. The summed E-state index contributed by atoms with van der Waals surface area (Å²) in [7, 11) is 1.68. The van der Waals surface area contributed by atoms with Crippen molar-refractivity contribution < 1.29 is 22.8 Å². The molecule has 0 spiro atoms. The van der Waals surface area contributed by atoms with Crippen molar-refractivity contribution in [2.24, 2.45) is 0 Å². The molecule has 1 aromatic rings. The molecule has 1 aliphatic heterocycles. The molecule has 1 aromatic carbocycles. The quantitative estimate of drug-likeness (QED) is 0.907. The number of nitrogens with one attached hydrogen (secondary N) is 1. The maximum absolute atomic E-state index is 12.5. The summed E-state index contributed by atoms with van der Waals surface area (Å²) in [6.45, 7) is 1.83. The van der Waals surface area contributed by atoms with Crippen molar-refractivity contribution in [1.82, 2.24) is 15.1 Å². The second-order valence-electron chi connectivity index (χ2n) is 5.28. The third-order valence-corrected chi connectivity index (χ3v) is 3.71. The van der Waals surface area contributed by atoms with Crippen molar-refractivity contribution in [3.05, 3.63) is 35.4 Å². The van der Waals surface area contributed by atoms with Crippen molar-refractivity contribution in [2.45, 2.75) is 6.18 Å². The van der Waals surface area contributed by atoms with Crippen LogP contribution in [-0.4, -0.2) is 61.4 Å². The summed E-state index contributed by atoms with van der Waals surface area (Å²) < 4.78 is 37.6. The molecule has 1 N–H and O–H groups in total. The second kappa shape index (κ2) is 6.99. The third-order valence-electron chi connectivity index (χ3n) is 3.71. The van der Waals surface area contributed by atoms with Gasteiger partial charge in [-0.1, -0.05) is 0 Å². The van der Waals surface area contributed by atoms with Gasteiger partial charge in [0.2, 0.25) is 5.91 Å². The van der Waals surface area contributed by atoms with Crippen LogP contribution in [0.15, 0.2) is 24.3 Å². The molecule has 0 saturated carbocycles. The molecule has 0 aromatic heterocycles. The van der Waals surface area contributed by atoms with Crippen molar-refractivity contribution in [3.8, 4) is 0 Å². The number of benzene rings is 1. The molecule has 2 amide bonds. The van der Waals surface area contributed by atoms with E-state index >= 15 is 0 Å². The summed E-state index contributed by atoms with van der Waals surface area (Å²) in [5, 5.41) is 2.78. The lowest BCUT2D eigenvalue weighted by molar-refractivity contribution is -0.137. The van der Waals surface area contributed by atoms with Crippen molar-refractivity contribution in [1.29, 1.82) is 0 Å². The first-order valence-electron chi connectivity index (χ1n) is 7.22. The summed E-state index contributed by atoms with van der Waals surface area (Å²) in [5.41, 5.74) is -0.565. The van der Waals surface area contributed by atoms with Gasteiger partial charge in [0, 0.05) is 31.7 Å². The Morgan fingerprint density at radius 3 is 2.04 bits per heavy atom. The summed E-state index contributed by atoms with van der Waals surface area (Å²) in [5.74, 6) is -0.353. The summed E-state index contributed by atoms with van der Waals surface area (Å²) >= 11 is 0. The lowest BCUT2D eigenvalue weighted by Gasteiger charge is -2.34. The van der Waals surface area contributed by atoms with Crippen LogP contribution in [0.5, 0.6) is 0 Å². The Kier molecular flexibility index (Phi) is 5.25. The van der Waals surface area contributed by atoms with Crippen LogP contribution in [0.4, 0.5) is 13.2 Å². The standard InChI is InChI=1S/C15H18F3N3O2/c1-19-10-13(22)20-6-8-21(9-7-20)14(23)11-2-4-12(5-3-11)15(16,17)18/h2-5,19H,6-10H2,1H3. The molecule has 0 radical (unpaired) electrons. The lowest BCUT2D eigenvalue weighted by Crippen LogP contribution is -2.52. The molecule has 0 aliphatic carbocycles. The first-order valence-corrected chi connectivity index (χ1v) is 7.22. The van der Waals surface area contributed by atoms with E-state index in [-0.39, 0.29) is 23.9 Å². The fourth-order valence-corrected chi connectivity index (χ4v) is 2.41. The van der Waals surface area contributed by atoms with Gasteiger partial charge in [-0.05, 0) is 31.3 Å². The highest BCUT2D eigenvalue weighted by atomic mass is 19.4. The van der Waals surface area contributed by atoms with Gasteiger partial charge in [-0.3, -0.25) is 9.59 Å². The zero-order valence-electron chi connectivity index (χ0n) is 12.7. The SMILES string of the molecule is CNCC(=O)N1CCN(C(=O)c2ccc(C(F)(F)F)cc2)CC1. The Hall–Kier alpha value is -2.09. The molecule has 1 heterocycles. The molecule has 0 unspecified atom stereocenters. The van der Waals surface area contributed by atoms with Gasteiger partial charge in [-0.25, -0.2) is 0 Å². The Labute approximate surface area is 132 Å². The van der Waals surface area contributed by atoms with Gasteiger partial charge < -0.3 is 15.1 Å². The van der Waals surface area contributed by atoms with E-state index in [1.54, 1.807) is 16.8 Å². The van der Waals surface area contributed by atoms with Crippen molar-refractivity contribution in [3.63, 3.8) is 0 Å². The van der Waals surface area contributed by atoms with Crippen LogP contribution in [0.2, 0.25) is 0 Å². The van der Waals surface area contributed by atoms with Crippen LogP contribution in [0, 0.1) is 0 Å². The minimum absolute atomic E-state index is 0.0332. The lowest BCUT2D eigenvalue weighted by atomic mass is 10.1. The number of likely N-dealkylation sites (N-methyl/N-ethyl adjacent to an activating group) is 1. The van der Waals surface area contributed by atoms with Crippen LogP contribution < -0.4 is 5.32 Å². The molecule has 2 rings (SSSR count). The van der Waals surface area contributed by atoms with E-state index in [9.17, 15) is 22.8 Å². The van der Waals surface area contributed by atoms with Gasteiger partial charge in [-0.15, -0.1) is 0 Å². The number of alkyl halides is 3. The van der Waals surface area contributed by atoms with E-state index in [0.29, 0.717) is 26.2 Å². The number of hydrogen-bond acceptors (Lipinski definition) is 3. The van der Waals surface area contributed by atoms with Crippen molar-refractivity contribution >= 4 is 11.8 Å². The Balaban J connectivity index is 1.96. The number of halogens is 3. The highest BCUT2D eigenvalue weighted by Crippen LogP contribution is 2.29. The van der Waals surface area contributed by atoms with E-state index in [0.717, 1.165) is 12.1 Å². The van der Waals surface area contributed by atoms with Crippen LogP contribution in [0.25, 0.3) is 0 Å². The molecule has 126 valence electrons. The minimum Gasteiger partial charge on any atom is -0.338 e. The fourth-order valence-electron chi connectivity index (χ4n) is 2.41. The predicted molar refractivity (Wildman–Crippen MR) is 77.9 cm³/mol. The number of piperazine rings is 1. The van der Waals surface area contributed by atoms with Crippen LogP contribution >= 0.6 is 0 Å². The Morgan fingerprint density at radius 2 is 1.57 bits per heavy atom. The first-order chi connectivity index (χ1) is 10.8. The monoisotopic (exact) mass is 329 g/mol. The van der Waals surface area contributed by atoms with E-state index in [2.05, 4.69) is 5.32 Å². The minimum atomic E-state index is -4.42. The van der Waals surface area contributed by atoms with Crippen LogP contribution in [0.3, 0.4) is 0 Å².